The fourth-order valence-electron chi connectivity index (χ4n) is 1.87. The summed E-state index contributed by atoms with van der Waals surface area (Å²) >= 11 is 0. The Balaban J connectivity index is 2.18. The lowest BCUT2D eigenvalue weighted by atomic mass is 10.1. The number of aliphatic hydroxyl groups is 1. The van der Waals surface area contributed by atoms with E-state index in [0.717, 1.165) is 19.3 Å². The summed E-state index contributed by atoms with van der Waals surface area (Å²) in [5, 5.41) is 12.0. The monoisotopic (exact) mass is 216 g/mol. The van der Waals surface area contributed by atoms with Crippen molar-refractivity contribution in [2.24, 2.45) is 11.7 Å². The first-order chi connectivity index (χ1) is 7.13. The highest BCUT2D eigenvalue weighted by molar-refractivity contribution is 5.79. The summed E-state index contributed by atoms with van der Waals surface area (Å²) in [6.45, 7) is 0.489. The standard InChI is InChI=1S/C10H20N2O3/c1-15-6-9(13)5-12-10(14)7-2-3-8(11)4-7/h7-9,13H,2-6,11H2,1H3,(H,12,14). The predicted molar refractivity (Wildman–Crippen MR) is 56.2 cm³/mol. The second-order valence-electron chi connectivity index (χ2n) is 4.12. The van der Waals surface area contributed by atoms with Crippen LogP contribution >= 0.6 is 0 Å². The number of amides is 1. The lowest BCUT2D eigenvalue weighted by Gasteiger charge is -2.13. The smallest absolute Gasteiger partial charge is 0.223 e. The summed E-state index contributed by atoms with van der Waals surface area (Å²) in [5.41, 5.74) is 5.72. The third kappa shape index (κ3) is 4.15. The summed E-state index contributed by atoms with van der Waals surface area (Å²) in [5.74, 6) is 0.0212. The van der Waals surface area contributed by atoms with Gasteiger partial charge in [-0.1, -0.05) is 0 Å². The maximum Gasteiger partial charge on any atom is 0.223 e. The molecule has 1 saturated carbocycles. The number of methoxy groups -OCH3 is 1. The molecule has 1 amide bonds. The quantitative estimate of drug-likeness (QED) is 0.564. The minimum Gasteiger partial charge on any atom is -0.389 e. The topological polar surface area (TPSA) is 84.6 Å². The fraction of sp³-hybridized carbons (Fsp3) is 0.900. The molecule has 3 atom stereocenters. The highest BCUT2D eigenvalue weighted by atomic mass is 16.5. The van der Waals surface area contributed by atoms with Crippen molar-refractivity contribution >= 4 is 5.91 Å². The number of rotatable bonds is 5. The molecule has 3 unspecified atom stereocenters. The van der Waals surface area contributed by atoms with Gasteiger partial charge in [-0.2, -0.15) is 0 Å². The molecule has 0 aromatic heterocycles. The Hall–Kier alpha value is -0.650. The SMILES string of the molecule is COCC(O)CNC(=O)C1CCC(N)C1. The van der Waals surface area contributed by atoms with E-state index in [4.69, 9.17) is 10.5 Å². The molecule has 0 bridgehead atoms. The van der Waals surface area contributed by atoms with E-state index in [1.807, 2.05) is 0 Å². The second-order valence-corrected chi connectivity index (χ2v) is 4.12. The van der Waals surface area contributed by atoms with Crippen LogP contribution in [0.2, 0.25) is 0 Å². The van der Waals surface area contributed by atoms with E-state index in [9.17, 15) is 9.90 Å². The largest absolute Gasteiger partial charge is 0.389 e. The van der Waals surface area contributed by atoms with Gasteiger partial charge in [0.25, 0.3) is 0 Å². The van der Waals surface area contributed by atoms with E-state index in [-0.39, 0.29) is 31.0 Å². The molecule has 1 fully saturated rings. The van der Waals surface area contributed by atoms with Crippen molar-refractivity contribution in [3.63, 3.8) is 0 Å². The van der Waals surface area contributed by atoms with Gasteiger partial charge >= 0.3 is 0 Å². The summed E-state index contributed by atoms with van der Waals surface area (Å²) in [6, 6.07) is 0.157. The maximum absolute atomic E-state index is 11.6. The van der Waals surface area contributed by atoms with Crippen molar-refractivity contribution in [3.8, 4) is 0 Å². The zero-order valence-corrected chi connectivity index (χ0v) is 9.11. The molecule has 0 saturated heterocycles. The minimum atomic E-state index is -0.631. The first-order valence-electron chi connectivity index (χ1n) is 5.33. The van der Waals surface area contributed by atoms with E-state index < -0.39 is 6.10 Å². The van der Waals surface area contributed by atoms with Crippen molar-refractivity contribution in [2.45, 2.75) is 31.4 Å². The number of nitrogens with two attached hydrogens (primary N) is 1. The number of carbonyl (C=O) groups is 1. The average Bonchev–Trinajstić information content (AvgIpc) is 2.62. The van der Waals surface area contributed by atoms with Gasteiger partial charge in [-0.3, -0.25) is 4.79 Å². The molecule has 0 heterocycles. The normalized spacial score (nSPS) is 27.7. The minimum absolute atomic E-state index is 0.00176. The first-order valence-corrected chi connectivity index (χ1v) is 5.33. The van der Waals surface area contributed by atoms with Crippen LogP contribution in [0, 0.1) is 5.92 Å². The van der Waals surface area contributed by atoms with Crippen LogP contribution < -0.4 is 11.1 Å². The molecular formula is C10H20N2O3. The van der Waals surface area contributed by atoms with Gasteiger partial charge in [-0.05, 0) is 19.3 Å². The van der Waals surface area contributed by atoms with E-state index in [0.29, 0.717) is 0 Å². The van der Waals surface area contributed by atoms with Crippen LogP contribution in [-0.4, -0.2) is 43.4 Å². The average molecular weight is 216 g/mol. The third-order valence-electron chi connectivity index (χ3n) is 2.71. The van der Waals surface area contributed by atoms with E-state index >= 15 is 0 Å². The molecule has 0 radical (unpaired) electrons. The Labute approximate surface area is 90.0 Å². The Morgan fingerprint density at radius 2 is 2.40 bits per heavy atom. The number of ether oxygens (including phenoxy) is 1. The van der Waals surface area contributed by atoms with Gasteiger partial charge in [0.15, 0.2) is 0 Å². The van der Waals surface area contributed by atoms with Crippen LogP contribution in [0.5, 0.6) is 0 Å². The maximum atomic E-state index is 11.6. The van der Waals surface area contributed by atoms with E-state index in [1.54, 1.807) is 0 Å². The molecule has 1 aliphatic carbocycles. The number of carbonyl (C=O) groups excluding carboxylic acids is 1. The van der Waals surface area contributed by atoms with Gasteiger partial charge < -0.3 is 20.9 Å². The zero-order valence-electron chi connectivity index (χ0n) is 9.11. The molecule has 1 aliphatic rings. The molecule has 0 aromatic rings. The Morgan fingerprint density at radius 3 is 2.93 bits per heavy atom. The summed E-state index contributed by atoms with van der Waals surface area (Å²) in [7, 11) is 1.51. The van der Waals surface area contributed by atoms with E-state index in [2.05, 4.69) is 5.32 Å². The second kappa shape index (κ2) is 6.05. The molecule has 5 heteroatoms. The predicted octanol–water partition coefficient (Wildman–Crippen LogP) is -0.763. The molecule has 88 valence electrons. The van der Waals surface area contributed by atoms with Gasteiger partial charge in [-0.15, -0.1) is 0 Å². The van der Waals surface area contributed by atoms with Crippen molar-refractivity contribution in [1.82, 2.24) is 5.32 Å². The van der Waals surface area contributed by atoms with Gasteiger partial charge in [0.05, 0.1) is 12.7 Å². The molecule has 5 nitrogen and oxygen atoms in total. The van der Waals surface area contributed by atoms with Gasteiger partial charge in [0.1, 0.15) is 0 Å². The molecule has 0 spiro atoms. The Kier molecular flexibility index (Phi) is 5.01. The van der Waals surface area contributed by atoms with Crippen LogP contribution in [0.25, 0.3) is 0 Å². The summed E-state index contributed by atoms with van der Waals surface area (Å²) in [4.78, 5) is 11.6. The first kappa shape index (κ1) is 12.4. The lowest BCUT2D eigenvalue weighted by molar-refractivity contribution is -0.125. The van der Waals surface area contributed by atoms with Crippen LogP contribution in [0.4, 0.5) is 0 Å². The van der Waals surface area contributed by atoms with Crippen LogP contribution in [0.1, 0.15) is 19.3 Å². The molecule has 15 heavy (non-hydrogen) atoms. The highest BCUT2D eigenvalue weighted by Gasteiger charge is 2.27. The Morgan fingerprint density at radius 1 is 1.67 bits per heavy atom. The van der Waals surface area contributed by atoms with Crippen LogP contribution in [-0.2, 0) is 9.53 Å². The van der Waals surface area contributed by atoms with Crippen LogP contribution in [0.15, 0.2) is 0 Å². The number of aliphatic hydroxyl groups excluding tert-OH is 1. The molecular weight excluding hydrogens is 196 g/mol. The lowest BCUT2D eigenvalue weighted by Crippen LogP contribution is -2.37. The zero-order chi connectivity index (χ0) is 11.3. The molecule has 0 aliphatic heterocycles. The third-order valence-corrected chi connectivity index (χ3v) is 2.71. The van der Waals surface area contributed by atoms with E-state index in [1.165, 1.54) is 7.11 Å². The van der Waals surface area contributed by atoms with Gasteiger partial charge in [0, 0.05) is 25.6 Å². The van der Waals surface area contributed by atoms with Crippen molar-refractivity contribution in [3.05, 3.63) is 0 Å². The molecule has 4 N–H and O–H groups in total. The molecule has 0 aromatic carbocycles. The Bertz CT molecular complexity index is 211. The molecule has 1 rings (SSSR count). The van der Waals surface area contributed by atoms with Gasteiger partial charge in [0.2, 0.25) is 5.91 Å². The van der Waals surface area contributed by atoms with Crippen molar-refractivity contribution in [2.75, 3.05) is 20.3 Å². The highest BCUT2D eigenvalue weighted by Crippen LogP contribution is 2.23. The van der Waals surface area contributed by atoms with Gasteiger partial charge in [-0.25, -0.2) is 0 Å². The fourth-order valence-corrected chi connectivity index (χ4v) is 1.87. The summed E-state index contributed by atoms with van der Waals surface area (Å²) in [6.07, 6.45) is 1.90. The van der Waals surface area contributed by atoms with Crippen LogP contribution in [0.3, 0.4) is 0 Å². The van der Waals surface area contributed by atoms with Crippen molar-refractivity contribution in [1.29, 1.82) is 0 Å². The number of hydrogen-bond acceptors (Lipinski definition) is 4. The number of nitrogens with one attached hydrogen (secondary N) is 1. The van der Waals surface area contributed by atoms with Crippen molar-refractivity contribution < 1.29 is 14.6 Å². The summed E-state index contributed by atoms with van der Waals surface area (Å²) < 4.78 is 4.76. The number of hydrogen-bond donors (Lipinski definition) is 3.